The molecule has 1 aromatic heterocycles. The van der Waals surface area contributed by atoms with Gasteiger partial charge in [-0.2, -0.15) is 13.2 Å². The average molecular weight is 322 g/mol. The minimum atomic E-state index is -4.51. The number of hydrogen-bond donors (Lipinski definition) is 2. The molecule has 1 amide bonds. The maximum Gasteiger partial charge on any atom is 0.434 e. The summed E-state index contributed by atoms with van der Waals surface area (Å²) in [5.74, 6) is -2.77. The fourth-order valence-corrected chi connectivity index (χ4v) is 2.91. The summed E-state index contributed by atoms with van der Waals surface area (Å²) < 4.78 is 37.5. The number of aliphatic carboxylic acids is 1. The number of rotatable bonds is 5. The lowest BCUT2D eigenvalue weighted by molar-refractivity contribution is -0.141. The van der Waals surface area contributed by atoms with Gasteiger partial charge in [-0.1, -0.05) is 6.92 Å². The third-order valence-corrected chi connectivity index (χ3v) is 4.24. The van der Waals surface area contributed by atoms with E-state index in [1.165, 1.54) is 0 Å². The van der Waals surface area contributed by atoms with E-state index in [9.17, 15) is 22.8 Å². The van der Waals surface area contributed by atoms with Crippen molar-refractivity contribution < 1.29 is 27.9 Å². The number of amides is 1. The van der Waals surface area contributed by atoms with Gasteiger partial charge in [0.05, 0.1) is 17.9 Å². The van der Waals surface area contributed by atoms with Gasteiger partial charge in [0.2, 0.25) is 5.91 Å². The molecule has 1 aliphatic carbocycles. The van der Waals surface area contributed by atoms with Crippen molar-refractivity contribution in [3.05, 3.63) is 16.1 Å². The van der Waals surface area contributed by atoms with Crippen LogP contribution in [0.1, 0.15) is 36.5 Å². The van der Waals surface area contributed by atoms with Gasteiger partial charge in [0.15, 0.2) is 5.69 Å². The van der Waals surface area contributed by atoms with E-state index in [-0.39, 0.29) is 11.4 Å². The molecule has 1 heterocycles. The standard InChI is InChI=1S/C12H13F3N2O3S/c1-2-7(10-17-8(4-21-10)12(13,14)15)16-9(18)5-3-6(5)11(19)20/h4-7H,2-3H2,1H3,(H,16,18)(H,19,20)/t5-,6+,7-/m0/s1. The summed E-state index contributed by atoms with van der Waals surface area (Å²) in [5.41, 5.74) is -0.981. The summed E-state index contributed by atoms with van der Waals surface area (Å²) in [5, 5.41) is 12.4. The molecule has 21 heavy (non-hydrogen) atoms. The highest BCUT2D eigenvalue weighted by Crippen LogP contribution is 2.39. The lowest BCUT2D eigenvalue weighted by atomic mass is 10.2. The van der Waals surface area contributed by atoms with Crippen LogP contribution in [0.5, 0.6) is 0 Å². The molecular weight excluding hydrogens is 309 g/mol. The van der Waals surface area contributed by atoms with Gasteiger partial charge in [-0.3, -0.25) is 9.59 Å². The summed E-state index contributed by atoms with van der Waals surface area (Å²) in [4.78, 5) is 26.0. The number of carboxylic acid groups (broad SMARTS) is 1. The third kappa shape index (κ3) is 3.52. The fourth-order valence-electron chi connectivity index (χ4n) is 1.95. The zero-order chi connectivity index (χ0) is 15.8. The topological polar surface area (TPSA) is 79.3 Å². The van der Waals surface area contributed by atoms with E-state index in [0.29, 0.717) is 6.42 Å². The van der Waals surface area contributed by atoms with Crippen LogP contribution in [0.15, 0.2) is 5.38 Å². The quantitative estimate of drug-likeness (QED) is 0.873. The molecule has 0 bridgehead atoms. The van der Waals surface area contributed by atoms with E-state index in [1.807, 2.05) is 0 Å². The first-order chi connectivity index (χ1) is 9.74. The number of alkyl halides is 3. The molecule has 0 saturated heterocycles. The molecule has 2 N–H and O–H groups in total. The summed E-state index contributed by atoms with van der Waals surface area (Å²) in [7, 11) is 0. The normalized spacial score (nSPS) is 22.7. The van der Waals surface area contributed by atoms with Crippen LogP contribution in [0.4, 0.5) is 13.2 Å². The van der Waals surface area contributed by atoms with Gasteiger partial charge >= 0.3 is 12.1 Å². The van der Waals surface area contributed by atoms with Gasteiger partial charge in [-0.15, -0.1) is 11.3 Å². The summed E-state index contributed by atoms with van der Waals surface area (Å²) in [6.45, 7) is 1.71. The highest BCUT2D eigenvalue weighted by Gasteiger charge is 2.48. The Morgan fingerprint density at radius 3 is 2.62 bits per heavy atom. The minimum Gasteiger partial charge on any atom is -0.481 e. The highest BCUT2D eigenvalue weighted by molar-refractivity contribution is 7.09. The zero-order valence-electron chi connectivity index (χ0n) is 11.0. The van der Waals surface area contributed by atoms with E-state index in [0.717, 1.165) is 16.7 Å². The molecule has 2 rings (SSSR count). The number of hydrogen-bond acceptors (Lipinski definition) is 4. The Kier molecular flexibility index (Phi) is 4.22. The van der Waals surface area contributed by atoms with Crippen LogP contribution in [-0.4, -0.2) is 22.0 Å². The Hall–Kier alpha value is -1.64. The van der Waals surface area contributed by atoms with Crippen molar-refractivity contribution in [3.8, 4) is 0 Å². The Morgan fingerprint density at radius 1 is 1.52 bits per heavy atom. The molecule has 9 heteroatoms. The first kappa shape index (κ1) is 15.7. The lowest BCUT2D eigenvalue weighted by Gasteiger charge is -2.14. The Labute approximate surface area is 122 Å². The number of carbonyl (C=O) groups is 2. The smallest absolute Gasteiger partial charge is 0.434 e. The average Bonchev–Trinajstić information content (AvgIpc) is 3.04. The molecule has 1 aromatic rings. The number of carbonyl (C=O) groups excluding carboxylic acids is 1. The van der Waals surface area contributed by atoms with Gasteiger partial charge in [-0.25, -0.2) is 4.98 Å². The number of nitrogens with one attached hydrogen (secondary N) is 1. The predicted molar refractivity (Wildman–Crippen MR) is 67.5 cm³/mol. The summed E-state index contributed by atoms with van der Waals surface area (Å²) >= 11 is 0.828. The number of nitrogens with zero attached hydrogens (tertiary/aromatic N) is 1. The van der Waals surface area contributed by atoms with Crippen LogP contribution in [0.3, 0.4) is 0 Å². The van der Waals surface area contributed by atoms with E-state index in [4.69, 9.17) is 5.11 Å². The summed E-state index contributed by atoms with van der Waals surface area (Å²) in [6, 6.07) is -0.631. The molecule has 5 nitrogen and oxygen atoms in total. The van der Waals surface area contributed by atoms with Crippen LogP contribution >= 0.6 is 11.3 Å². The Bertz CT molecular complexity index is 558. The van der Waals surface area contributed by atoms with Crippen molar-refractivity contribution in [1.82, 2.24) is 10.3 Å². The van der Waals surface area contributed by atoms with E-state index in [1.54, 1.807) is 6.92 Å². The molecule has 0 unspecified atom stereocenters. The molecule has 0 radical (unpaired) electrons. The van der Waals surface area contributed by atoms with Gasteiger partial charge < -0.3 is 10.4 Å². The molecular formula is C12H13F3N2O3S. The van der Waals surface area contributed by atoms with Crippen molar-refractivity contribution in [2.24, 2.45) is 11.8 Å². The molecule has 3 atom stereocenters. The molecule has 0 aromatic carbocycles. The second-order valence-corrected chi connectivity index (χ2v) is 5.71. The maximum atomic E-state index is 12.5. The number of thiazole rings is 1. The van der Waals surface area contributed by atoms with Crippen molar-refractivity contribution in [2.45, 2.75) is 32.0 Å². The summed E-state index contributed by atoms with van der Waals surface area (Å²) in [6.07, 6.45) is -3.87. The lowest BCUT2D eigenvalue weighted by Crippen LogP contribution is -2.30. The molecule has 1 aliphatic rings. The van der Waals surface area contributed by atoms with Crippen molar-refractivity contribution in [2.75, 3.05) is 0 Å². The fraction of sp³-hybridized carbons (Fsp3) is 0.583. The zero-order valence-corrected chi connectivity index (χ0v) is 11.8. The first-order valence-electron chi connectivity index (χ1n) is 6.29. The molecule has 0 aliphatic heterocycles. The van der Waals surface area contributed by atoms with Crippen LogP contribution < -0.4 is 5.32 Å². The third-order valence-electron chi connectivity index (χ3n) is 3.28. The van der Waals surface area contributed by atoms with Gasteiger partial charge in [0.25, 0.3) is 0 Å². The van der Waals surface area contributed by atoms with Crippen LogP contribution in [0, 0.1) is 11.8 Å². The van der Waals surface area contributed by atoms with E-state index < -0.39 is 41.6 Å². The monoisotopic (exact) mass is 322 g/mol. The van der Waals surface area contributed by atoms with Gasteiger partial charge in [0, 0.05) is 5.38 Å². The van der Waals surface area contributed by atoms with Crippen molar-refractivity contribution in [3.63, 3.8) is 0 Å². The van der Waals surface area contributed by atoms with E-state index in [2.05, 4.69) is 10.3 Å². The Morgan fingerprint density at radius 2 is 2.19 bits per heavy atom. The first-order valence-corrected chi connectivity index (χ1v) is 7.17. The van der Waals surface area contributed by atoms with Crippen LogP contribution in [-0.2, 0) is 15.8 Å². The second-order valence-electron chi connectivity index (χ2n) is 4.83. The second kappa shape index (κ2) is 5.63. The Balaban J connectivity index is 2.02. The van der Waals surface area contributed by atoms with E-state index >= 15 is 0 Å². The maximum absolute atomic E-state index is 12.5. The van der Waals surface area contributed by atoms with Gasteiger partial charge in [0.1, 0.15) is 5.01 Å². The SMILES string of the molecule is CC[C@H](NC(=O)[C@H]1C[C@H]1C(=O)O)c1nc(C(F)(F)F)cs1. The van der Waals surface area contributed by atoms with Crippen molar-refractivity contribution >= 4 is 23.2 Å². The molecule has 116 valence electrons. The number of carboxylic acids is 1. The molecule has 1 fully saturated rings. The number of aromatic nitrogens is 1. The van der Waals surface area contributed by atoms with Crippen LogP contribution in [0.25, 0.3) is 0 Å². The van der Waals surface area contributed by atoms with Crippen molar-refractivity contribution in [1.29, 1.82) is 0 Å². The van der Waals surface area contributed by atoms with Crippen LogP contribution in [0.2, 0.25) is 0 Å². The molecule has 1 saturated carbocycles. The minimum absolute atomic E-state index is 0.172. The molecule has 0 spiro atoms. The predicted octanol–water partition coefficient (Wildman–Crippen LogP) is 2.45. The highest BCUT2D eigenvalue weighted by atomic mass is 32.1. The van der Waals surface area contributed by atoms with Gasteiger partial charge in [-0.05, 0) is 12.8 Å². The number of halogens is 3. The largest absolute Gasteiger partial charge is 0.481 e.